The molecule has 0 spiro atoms. The maximum absolute atomic E-state index is 13.6. The molecule has 0 fully saturated rings. The minimum Gasteiger partial charge on any atom is -0.376 e. The number of halogens is 1. The second-order valence-corrected chi connectivity index (χ2v) is 6.46. The Morgan fingerprint density at radius 3 is 2.74 bits per heavy atom. The Kier molecular flexibility index (Phi) is 3.80. The summed E-state index contributed by atoms with van der Waals surface area (Å²) in [5.74, 6) is 0.00629. The predicted molar refractivity (Wildman–Crippen MR) is 100 cm³/mol. The van der Waals surface area contributed by atoms with E-state index in [0.717, 1.165) is 17.0 Å². The number of carbonyl (C=O) groups excluding carboxylic acids is 1. The number of nitrogens with zero attached hydrogens (tertiary/aromatic N) is 3. The van der Waals surface area contributed by atoms with Crippen molar-refractivity contribution in [2.24, 2.45) is 4.99 Å². The second kappa shape index (κ2) is 6.05. The van der Waals surface area contributed by atoms with Crippen LogP contribution in [0.3, 0.4) is 0 Å². The highest BCUT2D eigenvalue weighted by atomic mass is 19.1. The Morgan fingerprint density at radius 2 is 2.00 bits per heavy atom. The zero-order valence-electron chi connectivity index (χ0n) is 15.1. The molecule has 0 radical (unpaired) electrons. The fraction of sp³-hybridized carbons (Fsp3) is 0.150. The highest BCUT2D eigenvalue weighted by molar-refractivity contribution is 6.32. The van der Waals surface area contributed by atoms with E-state index in [-0.39, 0.29) is 17.2 Å². The van der Waals surface area contributed by atoms with Gasteiger partial charge in [0.05, 0.1) is 5.57 Å². The van der Waals surface area contributed by atoms with Crippen LogP contribution in [0.25, 0.3) is 11.8 Å². The smallest absolute Gasteiger partial charge is 0.282 e. The lowest BCUT2D eigenvalue weighted by molar-refractivity contribution is -0.114. The van der Waals surface area contributed by atoms with Gasteiger partial charge in [0.1, 0.15) is 11.6 Å². The molecule has 136 valence electrons. The third-order valence-electron chi connectivity index (χ3n) is 4.52. The van der Waals surface area contributed by atoms with Crippen LogP contribution in [0.15, 0.2) is 52.7 Å². The molecule has 4 rings (SSSR count). The molecule has 27 heavy (non-hydrogen) atoms. The number of benzene rings is 1. The van der Waals surface area contributed by atoms with Crippen LogP contribution in [0.2, 0.25) is 0 Å². The van der Waals surface area contributed by atoms with Gasteiger partial charge >= 0.3 is 0 Å². The number of allylic oxidation sites excluding steroid dienone is 1. The van der Waals surface area contributed by atoms with Crippen LogP contribution in [0.1, 0.15) is 23.9 Å². The average molecular weight is 364 g/mol. The van der Waals surface area contributed by atoms with Crippen LogP contribution < -0.4 is 0 Å². The molecule has 2 aliphatic heterocycles. The first-order chi connectivity index (χ1) is 12.8. The largest absolute Gasteiger partial charge is 0.376 e. The van der Waals surface area contributed by atoms with E-state index in [1.807, 2.05) is 30.5 Å². The van der Waals surface area contributed by atoms with Crippen molar-refractivity contribution < 1.29 is 14.0 Å². The molecule has 3 heterocycles. The van der Waals surface area contributed by atoms with Gasteiger partial charge in [0.25, 0.3) is 5.91 Å². The number of amides is 1. The maximum atomic E-state index is 13.6. The summed E-state index contributed by atoms with van der Waals surface area (Å²) in [6, 6.07) is 8.20. The summed E-state index contributed by atoms with van der Waals surface area (Å²) in [6.45, 7) is 5.52. The van der Waals surface area contributed by atoms with Crippen LogP contribution in [0.4, 0.5) is 4.39 Å². The normalized spacial score (nSPS) is 17.8. The van der Waals surface area contributed by atoms with Gasteiger partial charge in [0.2, 0.25) is 0 Å². The molecule has 1 aromatic carbocycles. The lowest BCUT2D eigenvalue weighted by Gasteiger charge is -2.22. The van der Waals surface area contributed by atoms with E-state index in [1.54, 1.807) is 25.1 Å². The highest BCUT2D eigenvalue weighted by Crippen LogP contribution is 2.27. The number of amidine groups is 2. The Bertz CT molecular complexity index is 1090. The van der Waals surface area contributed by atoms with Crippen LogP contribution in [0, 0.1) is 25.1 Å². The number of aryl methyl sites for hydroxylation is 1. The fourth-order valence-corrected chi connectivity index (χ4v) is 3.30. The summed E-state index contributed by atoms with van der Waals surface area (Å²) in [4.78, 5) is 21.8. The van der Waals surface area contributed by atoms with Gasteiger partial charge < -0.3 is 9.40 Å². The topological polar surface area (TPSA) is 70.7 Å². The van der Waals surface area contributed by atoms with Gasteiger partial charge in [-0.05, 0) is 56.7 Å². The summed E-state index contributed by atoms with van der Waals surface area (Å²) in [5.41, 5.74) is 3.31. The van der Waals surface area contributed by atoms with E-state index in [4.69, 9.17) is 10.2 Å². The highest BCUT2D eigenvalue weighted by Gasteiger charge is 2.34. The molecule has 0 unspecified atom stereocenters. The van der Waals surface area contributed by atoms with Crippen molar-refractivity contribution >= 4 is 23.7 Å². The Morgan fingerprint density at radius 1 is 1.22 bits per heavy atom. The molecule has 2 aromatic rings. The third kappa shape index (κ3) is 2.77. The van der Waals surface area contributed by atoms with Crippen LogP contribution in [0.5, 0.6) is 0 Å². The molecule has 1 N–H and O–H groups in total. The fourth-order valence-electron chi connectivity index (χ4n) is 3.30. The van der Waals surface area contributed by atoms with Gasteiger partial charge in [-0.25, -0.2) is 4.39 Å². The van der Waals surface area contributed by atoms with Crippen LogP contribution in [-0.4, -0.2) is 27.2 Å². The summed E-state index contributed by atoms with van der Waals surface area (Å²) in [6.07, 6.45) is 3.24. The molecular formula is C20H17FN4O2. The van der Waals surface area contributed by atoms with Crippen molar-refractivity contribution in [1.29, 1.82) is 5.41 Å². The summed E-state index contributed by atoms with van der Waals surface area (Å²) < 4.78 is 15.5. The first-order valence-corrected chi connectivity index (χ1v) is 8.40. The van der Waals surface area contributed by atoms with E-state index in [0.29, 0.717) is 17.3 Å². The minimum atomic E-state index is -0.489. The predicted octanol–water partition coefficient (Wildman–Crippen LogP) is 3.68. The molecule has 0 saturated carbocycles. The van der Waals surface area contributed by atoms with Gasteiger partial charge in [-0.3, -0.25) is 10.2 Å². The van der Waals surface area contributed by atoms with Gasteiger partial charge in [0, 0.05) is 23.2 Å². The van der Waals surface area contributed by atoms with E-state index in [1.165, 1.54) is 17.2 Å². The van der Waals surface area contributed by atoms with E-state index < -0.39 is 5.91 Å². The zero-order chi connectivity index (χ0) is 19.3. The first kappa shape index (κ1) is 17.0. The lowest BCUT2D eigenvalue weighted by atomic mass is 10.1. The lowest BCUT2D eigenvalue weighted by Crippen LogP contribution is -2.38. The summed E-state index contributed by atoms with van der Waals surface area (Å²) >= 11 is 0. The second-order valence-electron chi connectivity index (χ2n) is 6.46. The van der Waals surface area contributed by atoms with Crippen LogP contribution >= 0.6 is 0 Å². The zero-order valence-corrected chi connectivity index (χ0v) is 15.1. The molecule has 6 nitrogen and oxygen atoms in total. The average Bonchev–Trinajstić information content (AvgIpc) is 3.10. The quantitative estimate of drug-likeness (QED) is 0.827. The van der Waals surface area contributed by atoms with Crippen molar-refractivity contribution in [3.63, 3.8) is 0 Å². The van der Waals surface area contributed by atoms with E-state index in [2.05, 4.69) is 4.99 Å². The number of fused-ring (bicyclic) bond motifs is 1. The van der Waals surface area contributed by atoms with Gasteiger partial charge in [-0.1, -0.05) is 6.07 Å². The standard InChI is InChI=1S/C20H17FN4O2/c1-11-7-14(13(3)24(11)16-6-4-5-15(21)10-16)9-17-19(22)25-18(23-20(17)26)8-12(2)27-25/h4-10,22H,1-3H3/b17-9-,22-19?. The van der Waals surface area contributed by atoms with Gasteiger partial charge in [-0.2, -0.15) is 4.99 Å². The molecular weight excluding hydrogens is 347 g/mol. The van der Waals surface area contributed by atoms with Crippen LogP contribution in [-0.2, 0) is 9.63 Å². The van der Waals surface area contributed by atoms with E-state index in [9.17, 15) is 9.18 Å². The molecule has 0 atom stereocenters. The van der Waals surface area contributed by atoms with Gasteiger partial charge in [0.15, 0.2) is 11.7 Å². The third-order valence-corrected chi connectivity index (χ3v) is 4.52. The Hall–Kier alpha value is -3.48. The number of aromatic nitrogens is 1. The van der Waals surface area contributed by atoms with Gasteiger partial charge in [-0.15, -0.1) is 5.06 Å². The molecule has 0 aliphatic carbocycles. The van der Waals surface area contributed by atoms with Crippen molar-refractivity contribution in [2.75, 3.05) is 0 Å². The molecule has 2 aliphatic rings. The first-order valence-electron chi connectivity index (χ1n) is 8.40. The number of rotatable bonds is 2. The Balaban J connectivity index is 1.77. The van der Waals surface area contributed by atoms with Crippen molar-refractivity contribution in [2.45, 2.75) is 20.8 Å². The monoisotopic (exact) mass is 364 g/mol. The maximum Gasteiger partial charge on any atom is 0.282 e. The number of nitrogens with one attached hydrogen (secondary N) is 1. The van der Waals surface area contributed by atoms with Crippen molar-refractivity contribution in [3.8, 4) is 5.69 Å². The number of hydrogen-bond acceptors (Lipinski definition) is 3. The minimum absolute atomic E-state index is 0.0614. The summed E-state index contributed by atoms with van der Waals surface area (Å²) in [5, 5.41) is 9.54. The Labute approximate surface area is 155 Å². The number of carbonyl (C=O) groups is 1. The molecule has 1 aromatic heterocycles. The molecule has 7 heteroatoms. The summed E-state index contributed by atoms with van der Waals surface area (Å²) in [7, 11) is 0. The van der Waals surface area contributed by atoms with E-state index >= 15 is 0 Å². The number of aliphatic imine (C=N–C) groups is 1. The SMILES string of the molecule is CC1=CC2=NC(=O)/C(=C\c3cc(C)n(-c4cccc(F)c4)c3C)C(=N)N2O1. The van der Waals surface area contributed by atoms with Crippen molar-refractivity contribution in [3.05, 3.63) is 70.5 Å². The van der Waals surface area contributed by atoms with Crippen molar-refractivity contribution in [1.82, 2.24) is 9.63 Å². The number of hydroxylamine groups is 2. The molecule has 0 saturated heterocycles. The number of hydrogen-bond donors (Lipinski definition) is 1. The molecule has 0 bridgehead atoms. The molecule has 1 amide bonds.